The SMILES string of the molecule is CN(C1=NS(=O)(=O)c2ccccc21)C1CCN(c2ncnc3nc[nH]c23)CC1. The molecule has 1 N–H and O–H groups in total. The van der Waals surface area contributed by atoms with Crippen LogP contribution in [0.25, 0.3) is 11.2 Å². The second-order valence-electron chi connectivity index (χ2n) is 7.01. The van der Waals surface area contributed by atoms with Gasteiger partial charge in [0.2, 0.25) is 0 Å². The molecule has 0 amide bonds. The van der Waals surface area contributed by atoms with Gasteiger partial charge >= 0.3 is 0 Å². The molecule has 144 valence electrons. The van der Waals surface area contributed by atoms with Crippen molar-refractivity contribution in [3.63, 3.8) is 0 Å². The van der Waals surface area contributed by atoms with Crippen molar-refractivity contribution in [2.24, 2.45) is 4.40 Å². The Morgan fingerprint density at radius 2 is 1.93 bits per heavy atom. The Labute approximate surface area is 162 Å². The third-order valence-electron chi connectivity index (χ3n) is 5.46. The number of fused-ring (bicyclic) bond motifs is 2. The predicted molar refractivity (Wildman–Crippen MR) is 105 cm³/mol. The van der Waals surface area contributed by atoms with Gasteiger partial charge in [0.15, 0.2) is 17.3 Å². The Balaban J connectivity index is 1.36. The van der Waals surface area contributed by atoms with Crippen molar-refractivity contribution in [3.05, 3.63) is 42.5 Å². The summed E-state index contributed by atoms with van der Waals surface area (Å²) in [5.41, 5.74) is 2.18. The number of nitrogens with zero attached hydrogens (tertiary/aromatic N) is 6. The van der Waals surface area contributed by atoms with Gasteiger partial charge in [-0.3, -0.25) is 0 Å². The minimum Gasteiger partial charge on any atom is -0.355 e. The van der Waals surface area contributed by atoms with Crippen LogP contribution in [-0.4, -0.2) is 65.3 Å². The van der Waals surface area contributed by atoms with E-state index in [-0.39, 0.29) is 10.9 Å². The van der Waals surface area contributed by atoms with Gasteiger partial charge in [-0.1, -0.05) is 12.1 Å². The number of hydrogen-bond acceptors (Lipinski definition) is 7. The summed E-state index contributed by atoms with van der Waals surface area (Å²) in [4.78, 5) is 20.4. The molecule has 4 heterocycles. The molecule has 0 atom stereocenters. The number of rotatable bonds is 2. The van der Waals surface area contributed by atoms with Crippen LogP contribution in [0.15, 0.2) is 46.2 Å². The molecule has 0 bridgehead atoms. The molecule has 2 aliphatic heterocycles. The lowest BCUT2D eigenvalue weighted by Crippen LogP contribution is -2.46. The van der Waals surface area contributed by atoms with E-state index < -0.39 is 10.0 Å². The topological polar surface area (TPSA) is 107 Å². The molecule has 1 fully saturated rings. The zero-order valence-corrected chi connectivity index (χ0v) is 16.1. The summed E-state index contributed by atoms with van der Waals surface area (Å²) in [6.07, 6.45) is 4.90. The third kappa shape index (κ3) is 2.63. The van der Waals surface area contributed by atoms with Crippen molar-refractivity contribution in [2.45, 2.75) is 23.8 Å². The maximum atomic E-state index is 12.3. The van der Waals surface area contributed by atoms with Crippen molar-refractivity contribution in [1.29, 1.82) is 0 Å². The van der Waals surface area contributed by atoms with Gasteiger partial charge in [0.1, 0.15) is 16.7 Å². The summed E-state index contributed by atoms with van der Waals surface area (Å²) in [7, 11) is -1.68. The maximum Gasteiger partial charge on any atom is 0.285 e. The molecule has 1 saturated heterocycles. The molecule has 0 unspecified atom stereocenters. The maximum absolute atomic E-state index is 12.3. The van der Waals surface area contributed by atoms with Crippen molar-refractivity contribution < 1.29 is 8.42 Å². The fraction of sp³-hybridized carbons (Fsp3) is 0.333. The van der Waals surface area contributed by atoms with Gasteiger partial charge in [-0.15, -0.1) is 4.40 Å². The highest BCUT2D eigenvalue weighted by Crippen LogP contribution is 2.30. The number of nitrogens with one attached hydrogen (secondary N) is 1. The fourth-order valence-electron chi connectivity index (χ4n) is 3.97. The lowest BCUT2D eigenvalue weighted by atomic mass is 10.0. The molecule has 1 aromatic carbocycles. The quantitative estimate of drug-likeness (QED) is 0.696. The van der Waals surface area contributed by atoms with Crippen molar-refractivity contribution in [2.75, 3.05) is 25.0 Å². The van der Waals surface area contributed by atoms with Gasteiger partial charge in [0.25, 0.3) is 10.0 Å². The number of aromatic nitrogens is 4. The van der Waals surface area contributed by atoms with E-state index in [2.05, 4.69) is 29.2 Å². The van der Waals surface area contributed by atoms with E-state index in [1.807, 2.05) is 24.1 Å². The summed E-state index contributed by atoms with van der Waals surface area (Å²) >= 11 is 0. The summed E-state index contributed by atoms with van der Waals surface area (Å²) in [6, 6.07) is 7.21. The minimum absolute atomic E-state index is 0.204. The molecule has 0 aliphatic carbocycles. The van der Waals surface area contributed by atoms with Gasteiger partial charge in [-0.25, -0.2) is 15.0 Å². The van der Waals surface area contributed by atoms with Gasteiger partial charge in [-0.2, -0.15) is 8.42 Å². The Morgan fingerprint density at radius 1 is 1.14 bits per heavy atom. The number of piperidine rings is 1. The van der Waals surface area contributed by atoms with Gasteiger partial charge in [0.05, 0.1) is 6.33 Å². The van der Waals surface area contributed by atoms with Crippen LogP contribution in [0.4, 0.5) is 5.82 Å². The van der Waals surface area contributed by atoms with Crippen molar-refractivity contribution >= 4 is 32.8 Å². The second kappa shape index (κ2) is 6.26. The first-order valence-corrected chi connectivity index (χ1v) is 10.5. The van der Waals surface area contributed by atoms with Gasteiger partial charge in [-0.05, 0) is 25.0 Å². The summed E-state index contributed by atoms with van der Waals surface area (Å²) in [6.45, 7) is 1.61. The number of anilines is 1. The van der Waals surface area contributed by atoms with Crippen LogP contribution in [0.1, 0.15) is 18.4 Å². The smallest absolute Gasteiger partial charge is 0.285 e. The number of hydrogen-bond donors (Lipinski definition) is 1. The van der Waals surface area contributed by atoms with Crippen LogP contribution in [0.3, 0.4) is 0 Å². The number of sulfonamides is 1. The van der Waals surface area contributed by atoms with E-state index in [9.17, 15) is 8.42 Å². The Morgan fingerprint density at radius 3 is 2.75 bits per heavy atom. The normalized spacial score (nSPS) is 18.9. The highest BCUT2D eigenvalue weighted by Gasteiger charge is 2.34. The summed E-state index contributed by atoms with van der Waals surface area (Å²) < 4.78 is 28.7. The molecule has 2 aromatic heterocycles. The molecule has 10 heteroatoms. The molecule has 0 saturated carbocycles. The fourth-order valence-corrected chi connectivity index (χ4v) is 5.21. The van der Waals surface area contributed by atoms with Crippen molar-refractivity contribution in [3.8, 4) is 0 Å². The molecule has 9 nitrogen and oxygen atoms in total. The second-order valence-corrected chi connectivity index (χ2v) is 8.59. The first-order valence-electron chi connectivity index (χ1n) is 9.11. The lowest BCUT2D eigenvalue weighted by Gasteiger charge is -2.38. The number of H-pyrrole nitrogens is 1. The minimum atomic E-state index is -3.60. The molecule has 28 heavy (non-hydrogen) atoms. The molecule has 0 radical (unpaired) electrons. The lowest BCUT2D eigenvalue weighted by molar-refractivity contribution is 0.306. The van der Waals surface area contributed by atoms with Crippen LogP contribution in [-0.2, 0) is 10.0 Å². The predicted octanol–water partition coefficient (Wildman–Crippen LogP) is 1.40. The largest absolute Gasteiger partial charge is 0.355 e. The van der Waals surface area contributed by atoms with Gasteiger partial charge in [0, 0.05) is 31.7 Å². The van der Waals surface area contributed by atoms with Crippen LogP contribution in [0.5, 0.6) is 0 Å². The van der Waals surface area contributed by atoms with E-state index in [0.717, 1.165) is 37.3 Å². The number of aromatic amines is 1. The highest BCUT2D eigenvalue weighted by molar-refractivity contribution is 7.90. The zero-order valence-electron chi connectivity index (χ0n) is 15.3. The van der Waals surface area contributed by atoms with Gasteiger partial charge < -0.3 is 14.8 Å². The first-order chi connectivity index (χ1) is 13.5. The standard InChI is InChI=1S/C18H19N7O2S/c1-24(17-13-4-2-3-5-14(13)28(26,27)23-17)12-6-8-25(9-7-12)18-15-16(20-10-19-15)21-11-22-18/h2-5,10-12H,6-9H2,1H3,(H,19,20,21,22). The van der Waals surface area contributed by atoms with Crippen LogP contribution >= 0.6 is 0 Å². The Hall–Kier alpha value is -3.01. The zero-order chi connectivity index (χ0) is 19.3. The molecule has 0 spiro atoms. The number of imidazole rings is 1. The number of benzene rings is 1. The molecule has 5 rings (SSSR count). The summed E-state index contributed by atoms with van der Waals surface area (Å²) in [5.74, 6) is 1.39. The van der Waals surface area contributed by atoms with E-state index in [4.69, 9.17) is 0 Å². The molecule has 3 aromatic rings. The average molecular weight is 397 g/mol. The van der Waals surface area contributed by atoms with Crippen LogP contribution in [0, 0.1) is 0 Å². The van der Waals surface area contributed by atoms with E-state index >= 15 is 0 Å². The van der Waals surface area contributed by atoms with E-state index in [1.165, 1.54) is 6.33 Å². The first kappa shape index (κ1) is 17.1. The van der Waals surface area contributed by atoms with Crippen LogP contribution in [0.2, 0.25) is 0 Å². The Kier molecular flexibility index (Phi) is 3.83. The summed E-state index contributed by atoms with van der Waals surface area (Å²) in [5, 5.41) is 0. The third-order valence-corrected chi connectivity index (χ3v) is 6.79. The van der Waals surface area contributed by atoms with Crippen molar-refractivity contribution in [1.82, 2.24) is 24.8 Å². The van der Waals surface area contributed by atoms with Crippen LogP contribution < -0.4 is 4.90 Å². The van der Waals surface area contributed by atoms with E-state index in [1.54, 1.807) is 18.5 Å². The molecule has 2 aliphatic rings. The van der Waals surface area contributed by atoms with E-state index in [0.29, 0.717) is 17.0 Å². The number of amidine groups is 1. The Bertz CT molecular complexity index is 1180. The highest BCUT2D eigenvalue weighted by atomic mass is 32.2. The molecular formula is C18H19N7O2S. The molecular weight excluding hydrogens is 378 g/mol. The monoisotopic (exact) mass is 397 g/mol. The average Bonchev–Trinajstić information content (AvgIpc) is 3.30.